The Bertz CT molecular complexity index is 244. The molecule has 0 saturated heterocycles. The molecule has 1 unspecified atom stereocenters. The lowest BCUT2D eigenvalue weighted by Crippen LogP contribution is -2.20. The average Bonchev–Trinajstić information content (AvgIpc) is 2.03. The van der Waals surface area contributed by atoms with Gasteiger partial charge < -0.3 is 14.3 Å². The first kappa shape index (κ1) is 15.8. The first-order chi connectivity index (χ1) is 6.84. The standard InChI is InChI=1S/C8H12O4.C2H4O/c1-5(2)8(10)12-7(4)11-6(3)9;1-2-3/h7H,1H2,2-4H3;2H,1H3. The quantitative estimate of drug-likeness (QED) is 0.307. The SMILES string of the molecule is C=C(C)C(=O)OC(C)OC(C)=O.CC=O. The summed E-state index contributed by atoms with van der Waals surface area (Å²) < 4.78 is 9.19. The topological polar surface area (TPSA) is 69.7 Å². The van der Waals surface area contributed by atoms with Crippen LogP contribution >= 0.6 is 0 Å². The van der Waals surface area contributed by atoms with Crippen LogP contribution in [0.2, 0.25) is 0 Å². The maximum atomic E-state index is 10.8. The Kier molecular flexibility index (Phi) is 9.41. The molecule has 0 radical (unpaired) electrons. The van der Waals surface area contributed by atoms with E-state index in [0.29, 0.717) is 0 Å². The number of carbonyl (C=O) groups is 3. The molecule has 1 atom stereocenters. The highest BCUT2D eigenvalue weighted by Gasteiger charge is 2.11. The van der Waals surface area contributed by atoms with Crippen molar-refractivity contribution in [1.29, 1.82) is 0 Å². The van der Waals surface area contributed by atoms with Crippen LogP contribution in [-0.4, -0.2) is 24.5 Å². The molecular weight excluding hydrogens is 200 g/mol. The van der Waals surface area contributed by atoms with Gasteiger partial charge in [-0.25, -0.2) is 4.79 Å². The summed E-state index contributed by atoms with van der Waals surface area (Å²) in [6.45, 7) is 9.04. The Labute approximate surface area is 89.1 Å². The third-order valence-corrected chi connectivity index (χ3v) is 0.953. The summed E-state index contributed by atoms with van der Waals surface area (Å²) >= 11 is 0. The third kappa shape index (κ3) is 12.4. The molecule has 0 aromatic heterocycles. The number of rotatable bonds is 3. The molecule has 5 nitrogen and oxygen atoms in total. The molecule has 0 amide bonds. The van der Waals surface area contributed by atoms with Gasteiger partial charge >= 0.3 is 11.9 Å². The van der Waals surface area contributed by atoms with E-state index < -0.39 is 18.2 Å². The van der Waals surface area contributed by atoms with Crippen LogP contribution < -0.4 is 0 Å². The van der Waals surface area contributed by atoms with Crippen molar-refractivity contribution in [2.24, 2.45) is 0 Å². The lowest BCUT2D eigenvalue weighted by atomic mass is 10.4. The number of esters is 2. The molecule has 5 heteroatoms. The summed E-state index contributed by atoms with van der Waals surface area (Å²) in [4.78, 5) is 30.0. The van der Waals surface area contributed by atoms with Gasteiger partial charge in [0.2, 0.25) is 6.29 Å². The fraction of sp³-hybridized carbons (Fsp3) is 0.500. The van der Waals surface area contributed by atoms with Gasteiger partial charge in [0.25, 0.3) is 0 Å². The Balaban J connectivity index is 0. The molecule has 0 saturated carbocycles. The van der Waals surface area contributed by atoms with E-state index in [1.807, 2.05) is 0 Å². The molecule has 0 aliphatic heterocycles. The van der Waals surface area contributed by atoms with Gasteiger partial charge in [0.1, 0.15) is 6.29 Å². The van der Waals surface area contributed by atoms with Gasteiger partial charge in [0.15, 0.2) is 0 Å². The zero-order valence-electron chi connectivity index (χ0n) is 9.40. The van der Waals surface area contributed by atoms with Crippen molar-refractivity contribution in [1.82, 2.24) is 0 Å². The summed E-state index contributed by atoms with van der Waals surface area (Å²) in [7, 11) is 0. The van der Waals surface area contributed by atoms with Crippen molar-refractivity contribution in [2.75, 3.05) is 0 Å². The van der Waals surface area contributed by atoms with Gasteiger partial charge in [0, 0.05) is 19.4 Å². The number of aldehydes is 1. The maximum Gasteiger partial charge on any atom is 0.336 e. The minimum absolute atomic E-state index is 0.272. The number of hydrogen-bond donors (Lipinski definition) is 0. The molecular formula is C10H16O5. The Morgan fingerprint density at radius 2 is 1.67 bits per heavy atom. The molecule has 0 spiro atoms. The lowest BCUT2D eigenvalue weighted by Gasteiger charge is -2.12. The van der Waals surface area contributed by atoms with Crippen LogP contribution in [0.3, 0.4) is 0 Å². The summed E-state index contributed by atoms with van der Waals surface area (Å²) in [5.74, 6) is -1.05. The highest BCUT2D eigenvalue weighted by atomic mass is 16.7. The molecule has 0 aromatic carbocycles. The van der Waals surface area contributed by atoms with Crippen molar-refractivity contribution in [3.8, 4) is 0 Å². The fourth-order valence-corrected chi connectivity index (χ4v) is 0.509. The van der Waals surface area contributed by atoms with Crippen LogP contribution in [-0.2, 0) is 23.9 Å². The van der Waals surface area contributed by atoms with Crippen LogP contribution in [0.25, 0.3) is 0 Å². The third-order valence-electron chi connectivity index (χ3n) is 0.953. The molecule has 0 aliphatic carbocycles. The van der Waals surface area contributed by atoms with E-state index in [2.05, 4.69) is 16.1 Å². The van der Waals surface area contributed by atoms with Gasteiger partial charge in [-0.15, -0.1) is 0 Å². The molecule has 0 N–H and O–H groups in total. The molecule has 0 aromatic rings. The maximum absolute atomic E-state index is 10.8. The second-order valence-electron chi connectivity index (χ2n) is 2.60. The second kappa shape index (κ2) is 8.93. The van der Waals surface area contributed by atoms with Gasteiger partial charge in [-0.3, -0.25) is 4.79 Å². The summed E-state index contributed by atoms with van der Waals surface area (Å²) in [6.07, 6.45) is -0.105. The number of hydrogen-bond acceptors (Lipinski definition) is 5. The fourth-order valence-electron chi connectivity index (χ4n) is 0.509. The first-order valence-corrected chi connectivity index (χ1v) is 4.28. The van der Waals surface area contributed by atoms with E-state index in [0.717, 1.165) is 6.29 Å². The molecule has 86 valence electrons. The predicted octanol–water partition coefficient (Wildman–Crippen LogP) is 1.22. The summed E-state index contributed by atoms with van der Waals surface area (Å²) in [5.41, 5.74) is 0.272. The highest BCUT2D eigenvalue weighted by Crippen LogP contribution is 1.99. The molecule has 0 bridgehead atoms. The van der Waals surface area contributed by atoms with E-state index in [1.54, 1.807) is 0 Å². The van der Waals surface area contributed by atoms with Crippen LogP contribution in [0.4, 0.5) is 0 Å². The normalized spacial score (nSPS) is 10.1. The molecule has 0 rings (SSSR count). The largest absolute Gasteiger partial charge is 0.426 e. The van der Waals surface area contributed by atoms with Gasteiger partial charge in [-0.2, -0.15) is 0 Å². The zero-order chi connectivity index (χ0) is 12.4. The second-order valence-corrected chi connectivity index (χ2v) is 2.60. The summed E-state index contributed by atoms with van der Waals surface area (Å²) in [5, 5.41) is 0. The van der Waals surface area contributed by atoms with Crippen molar-refractivity contribution in [3.63, 3.8) is 0 Å². The van der Waals surface area contributed by atoms with Crippen molar-refractivity contribution in [3.05, 3.63) is 12.2 Å². The van der Waals surface area contributed by atoms with Crippen molar-refractivity contribution in [2.45, 2.75) is 34.0 Å². The molecule has 0 heterocycles. The van der Waals surface area contributed by atoms with Crippen LogP contribution in [0.15, 0.2) is 12.2 Å². The summed E-state index contributed by atoms with van der Waals surface area (Å²) in [6, 6.07) is 0. The number of ether oxygens (including phenoxy) is 2. The number of carbonyl (C=O) groups excluding carboxylic acids is 3. The minimum Gasteiger partial charge on any atom is -0.426 e. The van der Waals surface area contributed by atoms with Crippen molar-refractivity contribution < 1.29 is 23.9 Å². The zero-order valence-corrected chi connectivity index (χ0v) is 9.40. The van der Waals surface area contributed by atoms with E-state index >= 15 is 0 Å². The van der Waals surface area contributed by atoms with Crippen LogP contribution in [0.5, 0.6) is 0 Å². The molecule has 15 heavy (non-hydrogen) atoms. The predicted molar refractivity (Wildman–Crippen MR) is 53.9 cm³/mol. The van der Waals surface area contributed by atoms with Crippen LogP contribution in [0, 0.1) is 0 Å². The Morgan fingerprint density at radius 1 is 1.27 bits per heavy atom. The average molecular weight is 216 g/mol. The van der Waals surface area contributed by atoms with Crippen molar-refractivity contribution >= 4 is 18.2 Å². The van der Waals surface area contributed by atoms with Gasteiger partial charge in [-0.05, 0) is 13.8 Å². The van der Waals surface area contributed by atoms with Gasteiger partial charge in [0.05, 0.1) is 0 Å². The Morgan fingerprint density at radius 3 is 1.93 bits per heavy atom. The molecule has 0 fully saturated rings. The smallest absolute Gasteiger partial charge is 0.336 e. The monoisotopic (exact) mass is 216 g/mol. The highest BCUT2D eigenvalue weighted by molar-refractivity contribution is 5.87. The Hall–Kier alpha value is -1.65. The minimum atomic E-state index is -0.855. The van der Waals surface area contributed by atoms with E-state index in [1.165, 1.54) is 27.7 Å². The lowest BCUT2D eigenvalue weighted by molar-refractivity contribution is -0.179. The first-order valence-electron chi connectivity index (χ1n) is 4.28. The van der Waals surface area contributed by atoms with Crippen LogP contribution in [0.1, 0.15) is 27.7 Å². The molecule has 0 aliphatic rings. The van der Waals surface area contributed by atoms with Gasteiger partial charge in [-0.1, -0.05) is 6.58 Å². The van der Waals surface area contributed by atoms with E-state index in [9.17, 15) is 9.59 Å². The van der Waals surface area contributed by atoms with E-state index in [-0.39, 0.29) is 5.57 Å². The van der Waals surface area contributed by atoms with E-state index in [4.69, 9.17) is 4.79 Å².